The van der Waals surface area contributed by atoms with E-state index < -0.39 is 0 Å². The number of hydrogen-bond acceptors (Lipinski definition) is 3. The smallest absolute Gasteiger partial charge is 0.210 e. The van der Waals surface area contributed by atoms with Gasteiger partial charge in [-0.25, -0.2) is 10.8 Å². The molecule has 5 heteroatoms. The molecule has 0 heterocycles. The van der Waals surface area contributed by atoms with E-state index in [0.29, 0.717) is 12.6 Å². The summed E-state index contributed by atoms with van der Waals surface area (Å²) in [5.74, 6) is 5.90. The quantitative estimate of drug-likeness (QED) is 0.307. The number of hydrazine groups is 1. The summed E-state index contributed by atoms with van der Waals surface area (Å²) in [7, 11) is 1.65. The van der Waals surface area contributed by atoms with Gasteiger partial charge in [0, 0.05) is 12.8 Å². The Kier molecular flexibility index (Phi) is 5.31. The molecule has 1 aromatic carbocycles. The second-order valence-corrected chi connectivity index (χ2v) is 3.42. The minimum atomic E-state index is 0.0484. The van der Waals surface area contributed by atoms with Gasteiger partial charge in [0.25, 0.3) is 0 Å². The average molecular weight is 222 g/mol. The molecule has 5 nitrogen and oxygen atoms in total. The van der Waals surface area contributed by atoms with Gasteiger partial charge in [0.15, 0.2) is 0 Å². The molecule has 0 fully saturated rings. The molecule has 0 saturated heterocycles. The second kappa shape index (κ2) is 6.81. The molecule has 1 rings (SSSR count). The number of hydrogen-bond donors (Lipinski definition) is 3. The number of rotatable bonds is 4. The predicted molar refractivity (Wildman–Crippen MR) is 66.2 cm³/mol. The molecule has 0 aliphatic carbocycles. The van der Waals surface area contributed by atoms with Gasteiger partial charge >= 0.3 is 0 Å². The average Bonchev–Trinajstić information content (AvgIpc) is 2.30. The van der Waals surface area contributed by atoms with E-state index in [1.807, 2.05) is 37.3 Å². The molecule has 88 valence electrons. The van der Waals surface area contributed by atoms with Crippen LogP contribution in [0.4, 0.5) is 5.69 Å². The highest BCUT2D eigenvalue weighted by Crippen LogP contribution is 2.04. The van der Waals surface area contributed by atoms with Crippen LogP contribution in [0.1, 0.15) is 6.92 Å². The van der Waals surface area contributed by atoms with Crippen LogP contribution in [0.2, 0.25) is 0 Å². The van der Waals surface area contributed by atoms with Gasteiger partial charge in [0.2, 0.25) is 5.96 Å². The third-order valence-electron chi connectivity index (χ3n) is 1.93. The highest BCUT2D eigenvalue weighted by Gasteiger charge is 2.02. The van der Waals surface area contributed by atoms with Crippen LogP contribution in [-0.4, -0.2) is 25.7 Å². The van der Waals surface area contributed by atoms with Crippen molar-refractivity contribution in [1.82, 2.24) is 5.43 Å². The van der Waals surface area contributed by atoms with Crippen molar-refractivity contribution in [3.63, 3.8) is 0 Å². The van der Waals surface area contributed by atoms with Gasteiger partial charge in [-0.05, 0) is 19.1 Å². The van der Waals surface area contributed by atoms with E-state index in [4.69, 9.17) is 10.6 Å². The Morgan fingerprint density at radius 2 is 2.12 bits per heavy atom. The standard InChI is InChI=1S/C11H18N4O/c1-9(8-16-2)13-11(15-12)14-10-6-4-3-5-7-10/h3-7,9H,8,12H2,1-2H3,(H2,13,14,15). The van der Waals surface area contributed by atoms with E-state index in [9.17, 15) is 0 Å². The molecule has 0 amide bonds. The number of guanidine groups is 1. The monoisotopic (exact) mass is 222 g/mol. The molecule has 0 saturated carbocycles. The fourth-order valence-electron chi connectivity index (χ4n) is 1.26. The molecule has 1 atom stereocenters. The number of anilines is 1. The Balaban J connectivity index is 2.61. The molecule has 0 aliphatic heterocycles. The number of nitrogens with one attached hydrogen (secondary N) is 2. The van der Waals surface area contributed by atoms with Gasteiger partial charge in [0.1, 0.15) is 0 Å². The summed E-state index contributed by atoms with van der Waals surface area (Å²) in [6.07, 6.45) is 0. The first-order valence-corrected chi connectivity index (χ1v) is 5.11. The highest BCUT2D eigenvalue weighted by atomic mass is 16.5. The number of ether oxygens (including phenoxy) is 1. The summed E-state index contributed by atoms with van der Waals surface area (Å²) in [6.45, 7) is 2.51. The summed E-state index contributed by atoms with van der Waals surface area (Å²) in [6, 6.07) is 9.75. The van der Waals surface area contributed by atoms with Gasteiger partial charge < -0.3 is 10.1 Å². The summed E-state index contributed by atoms with van der Waals surface area (Å²) in [4.78, 5) is 4.32. The Hall–Kier alpha value is -1.59. The Morgan fingerprint density at radius 3 is 2.69 bits per heavy atom. The summed E-state index contributed by atoms with van der Waals surface area (Å²) >= 11 is 0. The van der Waals surface area contributed by atoms with Crippen molar-refractivity contribution in [3.05, 3.63) is 30.3 Å². The number of para-hydroxylation sites is 1. The van der Waals surface area contributed by atoms with Crippen molar-refractivity contribution in [2.45, 2.75) is 13.0 Å². The van der Waals surface area contributed by atoms with Crippen LogP contribution < -0.4 is 16.6 Å². The zero-order valence-corrected chi connectivity index (χ0v) is 9.60. The van der Waals surface area contributed by atoms with Crippen molar-refractivity contribution in [2.75, 3.05) is 19.0 Å². The largest absolute Gasteiger partial charge is 0.382 e. The van der Waals surface area contributed by atoms with Crippen LogP contribution in [-0.2, 0) is 4.74 Å². The van der Waals surface area contributed by atoms with Crippen molar-refractivity contribution >= 4 is 11.6 Å². The van der Waals surface area contributed by atoms with E-state index >= 15 is 0 Å². The van der Waals surface area contributed by atoms with Gasteiger partial charge in [-0.1, -0.05) is 18.2 Å². The lowest BCUT2D eigenvalue weighted by atomic mass is 10.3. The first-order valence-electron chi connectivity index (χ1n) is 5.11. The second-order valence-electron chi connectivity index (χ2n) is 3.42. The lowest BCUT2D eigenvalue weighted by Gasteiger charge is -2.11. The summed E-state index contributed by atoms with van der Waals surface area (Å²) in [5.41, 5.74) is 3.46. The Labute approximate surface area is 95.7 Å². The molecule has 0 aromatic heterocycles. The number of benzene rings is 1. The molecule has 1 aromatic rings. The number of nitrogens with two attached hydrogens (primary N) is 1. The van der Waals surface area contributed by atoms with Crippen LogP contribution in [0.15, 0.2) is 35.3 Å². The molecule has 0 bridgehead atoms. The van der Waals surface area contributed by atoms with E-state index in [1.54, 1.807) is 7.11 Å². The predicted octanol–water partition coefficient (Wildman–Crippen LogP) is 0.953. The molecule has 0 aliphatic rings. The molecule has 16 heavy (non-hydrogen) atoms. The van der Waals surface area contributed by atoms with Crippen molar-refractivity contribution in [1.29, 1.82) is 0 Å². The zero-order chi connectivity index (χ0) is 11.8. The van der Waals surface area contributed by atoms with Crippen LogP contribution in [0.25, 0.3) is 0 Å². The minimum absolute atomic E-state index is 0.0484. The molecule has 0 spiro atoms. The molecular weight excluding hydrogens is 204 g/mol. The van der Waals surface area contributed by atoms with Crippen molar-refractivity contribution in [2.24, 2.45) is 10.8 Å². The fourth-order valence-corrected chi connectivity index (χ4v) is 1.26. The maximum atomic E-state index is 5.38. The number of nitrogens with zero attached hydrogens (tertiary/aromatic N) is 1. The van der Waals surface area contributed by atoms with E-state index in [2.05, 4.69) is 15.7 Å². The van der Waals surface area contributed by atoms with Gasteiger partial charge in [-0.15, -0.1) is 0 Å². The Bertz CT molecular complexity index is 326. The van der Waals surface area contributed by atoms with Crippen LogP contribution >= 0.6 is 0 Å². The lowest BCUT2D eigenvalue weighted by Crippen LogP contribution is -2.37. The first kappa shape index (κ1) is 12.5. The van der Waals surface area contributed by atoms with Gasteiger partial charge in [-0.2, -0.15) is 0 Å². The normalized spacial score (nSPS) is 13.3. The third kappa shape index (κ3) is 4.29. The third-order valence-corrected chi connectivity index (χ3v) is 1.93. The van der Waals surface area contributed by atoms with E-state index in [1.165, 1.54) is 0 Å². The SMILES string of the molecule is COCC(C)N=C(NN)Nc1ccccc1. The number of aliphatic imine (C=N–C) groups is 1. The van der Waals surface area contributed by atoms with Crippen LogP contribution in [0.5, 0.6) is 0 Å². The first-order chi connectivity index (χ1) is 7.76. The van der Waals surface area contributed by atoms with Crippen LogP contribution in [0, 0.1) is 0 Å². The number of methoxy groups -OCH3 is 1. The maximum absolute atomic E-state index is 5.38. The molecular formula is C11H18N4O. The molecule has 1 unspecified atom stereocenters. The molecule has 0 radical (unpaired) electrons. The van der Waals surface area contributed by atoms with Crippen molar-refractivity contribution < 1.29 is 4.74 Å². The summed E-state index contributed by atoms with van der Waals surface area (Å²) < 4.78 is 5.00. The fraction of sp³-hybridized carbons (Fsp3) is 0.364. The summed E-state index contributed by atoms with van der Waals surface area (Å²) in [5, 5.41) is 3.08. The lowest BCUT2D eigenvalue weighted by molar-refractivity contribution is 0.185. The highest BCUT2D eigenvalue weighted by molar-refractivity contribution is 5.93. The maximum Gasteiger partial charge on any atom is 0.210 e. The van der Waals surface area contributed by atoms with Crippen LogP contribution in [0.3, 0.4) is 0 Å². The van der Waals surface area contributed by atoms with Gasteiger partial charge in [-0.3, -0.25) is 5.43 Å². The molecule has 4 N–H and O–H groups in total. The zero-order valence-electron chi connectivity index (χ0n) is 9.60. The topological polar surface area (TPSA) is 71.7 Å². The Morgan fingerprint density at radius 1 is 1.44 bits per heavy atom. The van der Waals surface area contributed by atoms with E-state index in [0.717, 1.165) is 5.69 Å². The van der Waals surface area contributed by atoms with Crippen molar-refractivity contribution in [3.8, 4) is 0 Å². The van der Waals surface area contributed by atoms with Gasteiger partial charge in [0.05, 0.1) is 12.6 Å². The minimum Gasteiger partial charge on any atom is -0.382 e. The van der Waals surface area contributed by atoms with E-state index in [-0.39, 0.29) is 6.04 Å².